The number of aromatic nitrogens is 1. The van der Waals surface area contributed by atoms with Gasteiger partial charge in [-0.25, -0.2) is 13.6 Å². The lowest BCUT2D eigenvalue weighted by Gasteiger charge is -2.30. The third kappa shape index (κ3) is 4.16. The molecule has 4 rings (SSSR count). The topological polar surface area (TPSA) is 63.6 Å². The van der Waals surface area contributed by atoms with Crippen LogP contribution in [0.25, 0.3) is 10.9 Å². The van der Waals surface area contributed by atoms with Crippen LogP contribution in [0.3, 0.4) is 0 Å². The highest BCUT2D eigenvalue weighted by molar-refractivity contribution is 5.94. The van der Waals surface area contributed by atoms with Crippen molar-refractivity contribution >= 4 is 22.6 Å². The predicted molar refractivity (Wildman–Crippen MR) is 115 cm³/mol. The van der Waals surface area contributed by atoms with E-state index in [1.807, 2.05) is 4.90 Å². The molecule has 1 aliphatic heterocycles. The number of fused-ring (bicyclic) bond motifs is 1. The minimum Gasteiger partial charge on any atom is -0.462 e. The van der Waals surface area contributed by atoms with E-state index in [0.29, 0.717) is 29.9 Å². The van der Waals surface area contributed by atoms with Crippen molar-refractivity contribution in [2.24, 2.45) is 0 Å². The molecular weight excluding hydrogens is 404 g/mol. The molecule has 0 amide bonds. The molecule has 6 nitrogen and oxygen atoms in total. The molecule has 0 bridgehead atoms. The summed E-state index contributed by atoms with van der Waals surface area (Å²) in [5, 5.41) is 3.27. The van der Waals surface area contributed by atoms with E-state index in [-0.39, 0.29) is 24.1 Å². The van der Waals surface area contributed by atoms with E-state index in [4.69, 9.17) is 4.74 Å². The molecule has 0 atom stereocenters. The SMILES string of the molecule is CCOC(=O)c1cn(Cc2ccccc2F)c2cc(N3CCNCC3)c(F)cc2c1=O. The number of pyridine rings is 1. The molecule has 1 aliphatic rings. The normalized spacial score (nSPS) is 14.1. The average molecular weight is 427 g/mol. The van der Waals surface area contributed by atoms with E-state index in [1.165, 1.54) is 12.3 Å². The molecule has 0 aliphatic carbocycles. The molecule has 162 valence electrons. The highest BCUT2D eigenvalue weighted by Gasteiger charge is 2.21. The number of hydrogen-bond donors (Lipinski definition) is 1. The van der Waals surface area contributed by atoms with Gasteiger partial charge >= 0.3 is 5.97 Å². The van der Waals surface area contributed by atoms with Crippen molar-refractivity contribution in [1.29, 1.82) is 0 Å². The van der Waals surface area contributed by atoms with Crippen molar-refractivity contribution in [3.8, 4) is 0 Å². The molecule has 0 unspecified atom stereocenters. The molecule has 31 heavy (non-hydrogen) atoms. The first-order valence-electron chi connectivity index (χ1n) is 10.2. The Labute approximate surface area is 178 Å². The number of ether oxygens (including phenoxy) is 1. The summed E-state index contributed by atoms with van der Waals surface area (Å²) in [5.41, 5.74) is 0.370. The Hall–Kier alpha value is -3.26. The fourth-order valence-electron chi connectivity index (χ4n) is 3.84. The fraction of sp³-hybridized carbons (Fsp3) is 0.304. The van der Waals surface area contributed by atoms with Crippen LogP contribution in [0.5, 0.6) is 0 Å². The summed E-state index contributed by atoms with van der Waals surface area (Å²) in [6.07, 6.45) is 1.37. The Morgan fingerprint density at radius 3 is 2.58 bits per heavy atom. The van der Waals surface area contributed by atoms with Gasteiger partial charge < -0.3 is 19.5 Å². The van der Waals surface area contributed by atoms with E-state index in [1.54, 1.807) is 35.8 Å². The van der Waals surface area contributed by atoms with Crippen LogP contribution in [0.2, 0.25) is 0 Å². The maximum atomic E-state index is 15.0. The number of hydrogen-bond acceptors (Lipinski definition) is 5. The zero-order valence-corrected chi connectivity index (χ0v) is 17.2. The van der Waals surface area contributed by atoms with Gasteiger partial charge in [0.05, 0.1) is 24.4 Å². The number of piperazine rings is 1. The number of benzene rings is 2. The van der Waals surface area contributed by atoms with Gasteiger partial charge in [0.25, 0.3) is 0 Å². The molecule has 1 fully saturated rings. The van der Waals surface area contributed by atoms with Gasteiger partial charge in [-0.1, -0.05) is 18.2 Å². The molecular formula is C23H23F2N3O3. The fourth-order valence-corrected chi connectivity index (χ4v) is 3.84. The lowest BCUT2D eigenvalue weighted by atomic mass is 10.1. The highest BCUT2D eigenvalue weighted by atomic mass is 19.1. The monoisotopic (exact) mass is 427 g/mol. The van der Waals surface area contributed by atoms with Gasteiger partial charge in [0, 0.05) is 43.3 Å². The summed E-state index contributed by atoms with van der Waals surface area (Å²) in [7, 11) is 0. The Bertz CT molecular complexity index is 1190. The standard InChI is InChI=1S/C23H23F2N3O3/c1-2-31-23(30)17-14-28(13-15-5-3-4-6-18(15)24)20-12-21(27-9-7-26-8-10-27)19(25)11-16(20)22(17)29/h3-6,11-12,14,26H,2,7-10,13H2,1H3. The zero-order chi connectivity index (χ0) is 22.0. The third-order valence-electron chi connectivity index (χ3n) is 5.40. The van der Waals surface area contributed by atoms with Crippen LogP contribution in [0, 0.1) is 11.6 Å². The number of esters is 1. The third-order valence-corrected chi connectivity index (χ3v) is 5.40. The van der Waals surface area contributed by atoms with Crippen LogP contribution in [0.1, 0.15) is 22.8 Å². The lowest BCUT2D eigenvalue weighted by molar-refractivity contribution is 0.0524. The van der Waals surface area contributed by atoms with Crippen LogP contribution < -0.4 is 15.6 Å². The second kappa shape index (κ2) is 8.85. The van der Waals surface area contributed by atoms with Gasteiger partial charge in [-0.15, -0.1) is 0 Å². The Morgan fingerprint density at radius 1 is 1.13 bits per heavy atom. The first kappa shape index (κ1) is 21.0. The maximum Gasteiger partial charge on any atom is 0.343 e. The van der Waals surface area contributed by atoms with E-state index in [0.717, 1.165) is 19.2 Å². The number of nitrogens with zero attached hydrogens (tertiary/aromatic N) is 2. The molecule has 2 heterocycles. The molecule has 3 aromatic rings. The molecule has 1 aromatic heterocycles. The number of carbonyl (C=O) groups excluding carboxylic acids is 1. The van der Waals surface area contributed by atoms with Crippen molar-refractivity contribution < 1.29 is 18.3 Å². The van der Waals surface area contributed by atoms with Crippen LogP contribution in [-0.2, 0) is 11.3 Å². The first-order valence-corrected chi connectivity index (χ1v) is 10.2. The quantitative estimate of drug-likeness (QED) is 0.635. The zero-order valence-electron chi connectivity index (χ0n) is 17.2. The van der Waals surface area contributed by atoms with Crippen LogP contribution in [0.4, 0.5) is 14.5 Å². The number of rotatable bonds is 5. The lowest BCUT2D eigenvalue weighted by Crippen LogP contribution is -2.43. The van der Waals surface area contributed by atoms with Gasteiger partial charge in [-0.3, -0.25) is 4.79 Å². The maximum absolute atomic E-state index is 15.0. The smallest absolute Gasteiger partial charge is 0.343 e. The molecule has 1 saturated heterocycles. The van der Waals surface area contributed by atoms with E-state index >= 15 is 4.39 Å². The van der Waals surface area contributed by atoms with Crippen molar-refractivity contribution in [3.05, 3.63) is 75.6 Å². The van der Waals surface area contributed by atoms with Gasteiger partial charge in [0.15, 0.2) is 0 Å². The summed E-state index contributed by atoms with van der Waals surface area (Å²) in [6, 6.07) is 9.04. The average Bonchev–Trinajstić information content (AvgIpc) is 2.77. The Balaban J connectivity index is 1.92. The summed E-state index contributed by atoms with van der Waals surface area (Å²) in [6.45, 7) is 4.50. The van der Waals surface area contributed by atoms with Crippen molar-refractivity contribution in [3.63, 3.8) is 0 Å². The Kier molecular flexibility index (Phi) is 5.99. The number of nitrogens with one attached hydrogen (secondary N) is 1. The van der Waals surface area contributed by atoms with Gasteiger partial charge in [-0.2, -0.15) is 0 Å². The van der Waals surface area contributed by atoms with E-state index in [9.17, 15) is 14.0 Å². The molecule has 2 aromatic carbocycles. The number of carbonyl (C=O) groups is 1. The molecule has 8 heteroatoms. The second-order valence-corrected chi connectivity index (χ2v) is 7.37. The minimum absolute atomic E-state index is 0.0540. The Morgan fingerprint density at radius 2 is 1.87 bits per heavy atom. The summed E-state index contributed by atoms with van der Waals surface area (Å²) >= 11 is 0. The van der Waals surface area contributed by atoms with Crippen LogP contribution >= 0.6 is 0 Å². The largest absolute Gasteiger partial charge is 0.462 e. The highest BCUT2D eigenvalue weighted by Crippen LogP contribution is 2.26. The van der Waals surface area contributed by atoms with Gasteiger partial charge in [0.2, 0.25) is 5.43 Å². The van der Waals surface area contributed by atoms with Crippen molar-refractivity contribution in [2.45, 2.75) is 13.5 Å². The van der Waals surface area contributed by atoms with Gasteiger partial charge in [0.1, 0.15) is 17.2 Å². The molecule has 1 N–H and O–H groups in total. The molecule has 0 radical (unpaired) electrons. The van der Waals surface area contributed by atoms with E-state index < -0.39 is 23.0 Å². The summed E-state index contributed by atoms with van der Waals surface area (Å²) in [5.74, 6) is -1.73. The predicted octanol–water partition coefficient (Wildman–Crippen LogP) is 2.91. The number of anilines is 1. The van der Waals surface area contributed by atoms with Crippen molar-refractivity contribution in [1.82, 2.24) is 9.88 Å². The van der Waals surface area contributed by atoms with Crippen LogP contribution in [0.15, 0.2) is 47.4 Å². The van der Waals surface area contributed by atoms with Crippen molar-refractivity contribution in [2.75, 3.05) is 37.7 Å². The van der Waals surface area contributed by atoms with Crippen LogP contribution in [-0.4, -0.2) is 43.3 Å². The first-order chi connectivity index (χ1) is 15.0. The summed E-state index contributed by atoms with van der Waals surface area (Å²) in [4.78, 5) is 27.2. The molecule has 0 spiro atoms. The molecule has 0 saturated carbocycles. The number of halogens is 2. The van der Waals surface area contributed by atoms with E-state index in [2.05, 4.69) is 5.32 Å². The second-order valence-electron chi connectivity index (χ2n) is 7.37. The van der Waals surface area contributed by atoms with Gasteiger partial charge in [-0.05, 0) is 25.1 Å². The summed E-state index contributed by atoms with van der Waals surface area (Å²) < 4.78 is 35.9. The minimum atomic E-state index is -0.789.